The summed E-state index contributed by atoms with van der Waals surface area (Å²) in [6, 6.07) is 9.57. The second kappa shape index (κ2) is 8.37. The van der Waals surface area contributed by atoms with Crippen LogP contribution < -0.4 is 10.6 Å². The molecule has 2 aromatic heterocycles. The van der Waals surface area contributed by atoms with Gasteiger partial charge in [0.2, 0.25) is 5.91 Å². The lowest BCUT2D eigenvalue weighted by Gasteiger charge is -2.04. The lowest BCUT2D eigenvalue weighted by Crippen LogP contribution is -2.27. The molecule has 0 atom stereocenters. The van der Waals surface area contributed by atoms with Crippen molar-refractivity contribution >= 4 is 55.5 Å². The van der Waals surface area contributed by atoms with Gasteiger partial charge in [-0.1, -0.05) is 28.1 Å². The summed E-state index contributed by atoms with van der Waals surface area (Å²) in [5.74, 6) is -0.344. The van der Waals surface area contributed by atoms with E-state index < -0.39 is 0 Å². The van der Waals surface area contributed by atoms with Crippen LogP contribution in [-0.2, 0) is 4.79 Å². The molecule has 2 N–H and O–H groups in total. The highest BCUT2D eigenvalue weighted by atomic mass is 79.9. The Morgan fingerprint density at radius 3 is 2.64 bits per heavy atom. The highest BCUT2D eigenvalue weighted by Crippen LogP contribution is 2.26. The fraction of sp³-hybridized carbons (Fsp3) is 0.118. The number of hydrogen-bond acceptors (Lipinski definition) is 5. The maximum atomic E-state index is 12.0. The molecule has 0 unspecified atom stereocenters. The zero-order valence-electron chi connectivity index (χ0n) is 13.0. The van der Waals surface area contributed by atoms with Gasteiger partial charge in [-0.2, -0.15) is 11.3 Å². The van der Waals surface area contributed by atoms with Gasteiger partial charge in [0.05, 0.1) is 5.69 Å². The predicted molar refractivity (Wildman–Crippen MR) is 105 cm³/mol. The number of carbonyl (C=O) groups is 2. The quantitative estimate of drug-likeness (QED) is 0.602. The van der Waals surface area contributed by atoms with Crippen LogP contribution in [0.4, 0.5) is 5.13 Å². The summed E-state index contributed by atoms with van der Waals surface area (Å²) < 4.78 is 1.00. The van der Waals surface area contributed by atoms with Crippen molar-refractivity contribution in [3.63, 3.8) is 0 Å². The molecule has 0 aliphatic heterocycles. The summed E-state index contributed by atoms with van der Waals surface area (Å²) in [4.78, 5) is 28.2. The van der Waals surface area contributed by atoms with Gasteiger partial charge in [0.1, 0.15) is 0 Å². The Labute approximate surface area is 161 Å². The van der Waals surface area contributed by atoms with Crippen molar-refractivity contribution < 1.29 is 9.59 Å². The number of nitrogens with zero attached hydrogens (tertiary/aromatic N) is 1. The molecule has 0 bridgehead atoms. The molecule has 0 fully saturated rings. The molecule has 8 heteroatoms. The summed E-state index contributed by atoms with van der Waals surface area (Å²) in [5.41, 5.74) is 2.42. The van der Waals surface area contributed by atoms with E-state index in [4.69, 9.17) is 0 Å². The molecule has 3 rings (SSSR count). The fourth-order valence-electron chi connectivity index (χ4n) is 2.05. The summed E-state index contributed by atoms with van der Waals surface area (Å²) in [6.07, 6.45) is 0.197. The van der Waals surface area contributed by atoms with E-state index in [9.17, 15) is 9.59 Å². The minimum Gasteiger partial charge on any atom is -0.351 e. The van der Waals surface area contributed by atoms with Gasteiger partial charge in [0.25, 0.3) is 5.91 Å². The van der Waals surface area contributed by atoms with Crippen molar-refractivity contribution in [2.45, 2.75) is 6.42 Å². The second-order valence-electron chi connectivity index (χ2n) is 5.11. The van der Waals surface area contributed by atoms with Crippen LogP contribution >= 0.6 is 38.6 Å². The summed E-state index contributed by atoms with van der Waals surface area (Å²) in [6.45, 7) is 0.283. The number of rotatable bonds is 6. The number of carbonyl (C=O) groups excluding carboxylic acids is 2. The number of amides is 2. The van der Waals surface area contributed by atoms with Crippen LogP contribution in [0, 0.1) is 0 Å². The van der Waals surface area contributed by atoms with Crippen molar-refractivity contribution in [3.8, 4) is 11.3 Å². The predicted octanol–water partition coefficient (Wildman–Crippen LogP) is 4.39. The van der Waals surface area contributed by atoms with Crippen LogP contribution in [0.5, 0.6) is 0 Å². The average Bonchev–Trinajstić information content (AvgIpc) is 3.27. The van der Waals surface area contributed by atoms with Crippen molar-refractivity contribution in [2.24, 2.45) is 0 Å². The summed E-state index contributed by atoms with van der Waals surface area (Å²) in [5, 5.41) is 11.5. The molecule has 2 amide bonds. The zero-order valence-corrected chi connectivity index (χ0v) is 16.2. The number of aromatic nitrogens is 1. The Bertz CT molecular complexity index is 860. The molecule has 1 aromatic carbocycles. The van der Waals surface area contributed by atoms with Gasteiger partial charge in [-0.05, 0) is 23.6 Å². The van der Waals surface area contributed by atoms with Gasteiger partial charge in [0, 0.05) is 39.3 Å². The van der Waals surface area contributed by atoms with Gasteiger partial charge in [-0.15, -0.1) is 11.3 Å². The monoisotopic (exact) mass is 435 g/mol. The standard InChI is InChI=1S/C17H14BrN3O2S2/c18-13-3-1-11(2-4-13)14-10-25-17(20-14)21-15(22)5-7-19-16(23)12-6-8-24-9-12/h1-4,6,8-10H,5,7H2,(H,19,23)(H,20,21,22). The van der Waals surface area contributed by atoms with E-state index >= 15 is 0 Å². The van der Waals surface area contributed by atoms with E-state index in [1.54, 1.807) is 11.4 Å². The van der Waals surface area contributed by atoms with E-state index in [0.717, 1.165) is 15.7 Å². The van der Waals surface area contributed by atoms with Crippen molar-refractivity contribution in [1.82, 2.24) is 10.3 Å². The van der Waals surface area contributed by atoms with Crippen LogP contribution in [0.15, 0.2) is 50.9 Å². The van der Waals surface area contributed by atoms with Gasteiger partial charge in [-0.3, -0.25) is 9.59 Å². The molecule has 0 aliphatic carbocycles. The van der Waals surface area contributed by atoms with Gasteiger partial charge in [-0.25, -0.2) is 4.98 Å². The lowest BCUT2D eigenvalue weighted by molar-refractivity contribution is -0.116. The van der Waals surface area contributed by atoms with Crippen LogP contribution in [0.2, 0.25) is 0 Å². The number of hydrogen-bond donors (Lipinski definition) is 2. The normalized spacial score (nSPS) is 10.4. The molecule has 0 radical (unpaired) electrons. The van der Waals surface area contributed by atoms with Crippen LogP contribution in [0.25, 0.3) is 11.3 Å². The molecular formula is C17H14BrN3O2S2. The Morgan fingerprint density at radius 1 is 1.12 bits per heavy atom. The van der Waals surface area contributed by atoms with E-state index in [-0.39, 0.29) is 24.8 Å². The van der Waals surface area contributed by atoms with Crippen molar-refractivity contribution in [1.29, 1.82) is 0 Å². The Morgan fingerprint density at radius 2 is 1.92 bits per heavy atom. The van der Waals surface area contributed by atoms with Gasteiger partial charge >= 0.3 is 0 Å². The number of thiazole rings is 1. The third kappa shape index (κ3) is 4.97. The molecule has 0 saturated heterocycles. The molecule has 0 aliphatic rings. The summed E-state index contributed by atoms with van der Waals surface area (Å²) >= 11 is 6.23. The molecule has 0 spiro atoms. The number of benzene rings is 1. The Balaban J connectivity index is 1.48. The van der Waals surface area contributed by atoms with Gasteiger partial charge < -0.3 is 10.6 Å². The maximum absolute atomic E-state index is 12.0. The third-order valence-electron chi connectivity index (χ3n) is 3.31. The first-order valence-electron chi connectivity index (χ1n) is 7.43. The van der Waals surface area contributed by atoms with E-state index in [2.05, 4.69) is 31.5 Å². The van der Waals surface area contributed by atoms with E-state index in [0.29, 0.717) is 10.7 Å². The number of anilines is 1. The molecule has 3 aromatic rings. The smallest absolute Gasteiger partial charge is 0.252 e. The second-order valence-corrected chi connectivity index (χ2v) is 7.66. The first kappa shape index (κ1) is 17.8. The largest absolute Gasteiger partial charge is 0.351 e. The lowest BCUT2D eigenvalue weighted by atomic mass is 10.2. The minimum absolute atomic E-state index is 0.166. The van der Waals surface area contributed by atoms with Gasteiger partial charge in [0.15, 0.2) is 5.13 Å². The van der Waals surface area contributed by atoms with E-state index in [1.165, 1.54) is 22.7 Å². The number of thiophene rings is 1. The Hall–Kier alpha value is -2.03. The fourth-order valence-corrected chi connectivity index (χ4v) is 3.69. The van der Waals surface area contributed by atoms with Crippen molar-refractivity contribution in [3.05, 3.63) is 56.5 Å². The Kier molecular flexibility index (Phi) is 5.95. The molecule has 128 valence electrons. The minimum atomic E-state index is -0.178. The molecule has 0 saturated carbocycles. The highest BCUT2D eigenvalue weighted by Gasteiger charge is 2.10. The topological polar surface area (TPSA) is 71.1 Å². The summed E-state index contributed by atoms with van der Waals surface area (Å²) in [7, 11) is 0. The van der Waals surface area contributed by atoms with Crippen LogP contribution in [0.1, 0.15) is 16.8 Å². The molecule has 2 heterocycles. The average molecular weight is 436 g/mol. The number of nitrogens with one attached hydrogen (secondary N) is 2. The van der Waals surface area contributed by atoms with Crippen LogP contribution in [-0.4, -0.2) is 23.3 Å². The van der Waals surface area contributed by atoms with Crippen molar-refractivity contribution in [2.75, 3.05) is 11.9 Å². The van der Waals surface area contributed by atoms with Crippen LogP contribution in [0.3, 0.4) is 0 Å². The van der Waals surface area contributed by atoms with E-state index in [1.807, 2.05) is 35.0 Å². The highest BCUT2D eigenvalue weighted by molar-refractivity contribution is 9.10. The molecule has 5 nitrogen and oxygen atoms in total. The first-order chi connectivity index (χ1) is 12.1. The molecular weight excluding hydrogens is 422 g/mol. The SMILES string of the molecule is O=C(CCNC(=O)c1ccsc1)Nc1nc(-c2ccc(Br)cc2)cs1. The third-order valence-corrected chi connectivity index (χ3v) is 5.28. The maximum Gasteiger partial charge on any atom is 0.252 e. The zero-order chi connectivity index (χ0) is 17.6. The molecule has 25 heavy (non-hydrogen) atoms. The first-order valence-corrected chi connectivity index (χ1v) is 10.0. The number of halogens is 1.